The zero-order chi connectivity index (χ0) is 19.7. The maximum Gasteiger partial charge on any atom is 0.272 e. The van der Waals surface area contributed by atoms with E-state index in [4.69, 9.17) is 10.00 Å². The monoisotopic (exact) mass is 393 g/mol. The van der Waals surface area contributed by atoms with Crippen molar-refractivity contribution in [1.82, 2.24) is 29.4 Å². The van der Waals surface area contributed by atoms with E-state index in [-0.39, 0.29) is 5.56 Å². The molecule has 1 aromatic carbocycles. The van der Waals surface area contributed by atoms with Gasteiger partial charge in [-0.25, -0.2) is 9.50 Å². The van der Waals surface area contributed by atoms with Crippen LogP contribution < -0.4 is 10.3 Å². The van der Waals surface area contributed by atoms with E-state index in [1.807, 2.05) is 41.9 Å². The topological polar surface area (TPSA) is 114 Å². The van der Waals surface area contributed by atoms with Crippen molar-refractivity contribution in [3.8, 4) is 23.2 Å². The maximum atomic E-state index is 12.2. The van der Waals surface area contributed by atoms with E-state index in [0.717, 1.165) is 17.1 Å². The molecule has 0 radical (unpaired) electrons. The zero-order valence-corrected chi connectivity index (χ0v) is 15.9. The minimum absolute atomic E-state index is 0.265. The molecule has 3 heterocycles. The average molecular weight is 393 g/mol. The summed E-state index contributed by atoms with van der Waals surface area (Å²) < 4.78 is 8.31. The van der Waals surface area contributed by atoms with Crippen molar-refractivity contribution in [3.05, 3.63) is 58.1 Å². The third-order valence-electron chi connectivity index (χ3n) is 4.20. The number of nitriles is 1. The first-order valence-electron chi connectivity index (χ1n) is 8.27. The van der Waals surface area contributed by atoms with Gasteiger partial charge in [0.15, 0.2) is 16.6 Å². The molecule has 0 spiro atoms. The number of benzene rings is 1. The number of methoxy groups -OCH3 is 1. The molecule has 10 heteroatoms. The van der Waals surface area contributed by atoms with Gasteiger partial charge in [-0.05, 0) is 24.3 Å². The van der Waals surface area contributed by atoms with E-state index in [0.29, 0.717) is 27.8 Å². The second kappa shape index (κ2) is 7.21. The Morgan fingerprint density at radius 2 is 2.07 bits per heavy atom. The lowest BCUT2D eigenvalue weighted by Gasteiger charge is -2.05. The molecule has 0 saturated carbocycles. The first-order valence-corrected chi connectivity index (χ1v) is 9.26. The molecule has 0 fully saturated rings. The Hall–Kier alpha value is -3.58. The van der Waals surface area contributed by atoms with Crippen LogP contribution in [0, 0.1) is 11.3 Å². The van der Waals surface area contributed by atoms with Gasteiger partial charge >= 0.3 is 0 Å². The van der Waals surface area contributed by atoms with Crippen LogP contribution in [0.2, 0.25) is 0 Å². The van der Waals surface area contributed by atoms with Crippen LogP contribution in [0.3, 0.4) is 0 Å². The zero-order valence-electron chi connectivity index (χ0n) is 15.1. The SMILES string of the molecule is COc1ccc(-c2nnc(SCc3cc(=O)n4[nH]cc(C#N)c4n3)n2C)cc1. The summed E-state index contributed by atoms with van der Waals surface area (Å²) in [7, 11) is 3.50. The lowest BCUT2D eigenvalue weighted by Crippen LogP contribution is -2.15. The molecule has 0 amide bonds. The number of nitrogens with one attached hydrogen (secondary N) is 1. The van der Waals surface area contributed by atoms with Crippen LogP contribution in [0.1, 0.15) is 11.3 Å². The molecule has 1 N–H and O–H groups in total. The molecule has 4 rings (SSSR count). The van der Waals surface area contributed by atoms with Crippen molar-refractivity contribution in [2.75, 3.05) is 7.11 Å². The third kappa shape index (κ3) is 3.12. The van der Waals surface area contributed by atoms with E-state index in [1.54, 1.807) is 7.11 Å². The van der Waals surface area contributed by atoms with Crippen LogP contribution >= 0.6 is 11.8 Å². The molecule has 4 aromatic rings. The highest BCUT2D eigenvalue weighted by Gasteiger charge is 2.13. The lowest BCUT2D eigenvalue weighted by molar-refractivity contribution is 0.415. The first-order chi connectivity index (χ1) is 13.6. The minimum atomic E-state index is -0.265. The highest BCUT2D eigenvalue weighted by atomic mass is 32.2. The molecule has 0 unspecified atom stereocenters. The smallest absolute Gasteiger partial charge is 0.272 e. The van der Waals surface area contributed by atoms with Crippen LogP contribution in [0.5, 0.6) is 5.75 Å². The number of ether oxygens (including phenoxy) is 1. The van der Waals surface area contributed by atoms with E-state index < -0.39 is 0 Å². The number of H-pyrrole nitrogens is 1. The molecular weight excluding hydrogens is 378 g/mol. The summed E-state index contributed by atoms with van der Waals surface area (Å²) in [6, 6.07) is 11.0. The molecular formula is C18H15N7O2S. The number of hydrogen-bond acceptors (Lipinski definition) is 7. The standard InChI is InChI=1S/C18H15N7O2S/c1-24-17(11-3-5-14(27-2)6-4-11)22-23-18(24)28-10-13-7-15(26)25-16(21-13)12(8-19)9-20-25/h3-7,9,20H,10H2,1-2H3. The highest BCUT2D eigenvalue weighted by molar-refractivity contribution is 7.98. The van der Waals surface area contributed by atoms with Gasteiger partial charge in [-0.1, -0.05) is 11.8 Å². The molecule has 3 aromatic heterocycles. The molecule has 140 valence electrons. The number of thioether (sulfide) groups is 1. The molecule has 0 saturated heterocycles. The van der Waals surface area contributed by atoms with E-state index in [2.05, 4.69) is 20.3 Å². The fourth-order valence-corrected chi connectivity index (χ4v) is 3.56. The van der Waals surface area contributed by atoms with Gasteiger partial charge in [0, 0.05) is 30.6 Å². The van der Waals surface area contributed by atoms with Crippen molar-refractivity contribution in [3.63, 3.8) is 0 Å². The summed E-state index contributed by atoms with van der Waals surface area (Å²) >= 11 is 1.42. The van der Waals surface area contributed by atoms with Crippen molar-refractivity contribution < 1.29 is 4.74 Å². The first kappa shape index (κ1) is 17.8. The highest BCUT2D eigenvalue weighted by Crippen LogP contribution is 2.26. The predicted molar refractivity (Wildman–Crippen MR) is 103 cm³/mol. The minimum Gasteiger partial charge on any atom is -0.497 e. The van der Waals surface area contributed by atoms with E-state index >= 15 is 0 Å². The number of fused-ring (bicyclic) bond motifs is 1. The van der Waals surface area contributed by atoms with Crippen LogP contribution in [0.25, 0.3) is 17.0 Å². The summed E-state index contributed by atoms with van der Waals surface area (Å²) in [5.74, 6) is 1.93. The van der Waals surface area contributed by atoms with Crippen molar-refractivity contribution in [2.24, 2.45) is 7.05 Å². The predicted octanol–water partition coefficient (Wildman–Crippen LogP) is 1.99. The summed E-state index contributed by atoms with van der Waals surface area (Å²) in [5, 5.41) is 21.0. The van der Waals surface area contributed by atoms with Gasteiger partial charge in [-0.15, -0.1) is 10.2 Å². The van der Waals surface area contributed by atoms with E-state index in [1.165, 1.54) is 28.5 Å². The molecule has 0 atom stereocenters. The number of nitrogens with zero attached hydrogens (tertiary/aromatic N) is 6. The van der Waals surface area contributed by atoms with Crippen molar-refractivity contribution in [2.45, 2.75) is 10.9 Å². The largest absolute Gasteiger partial charge is 0.497 e. The number of aromatic nitrogens is 6. The Kier molecular flexibility index (Phi) is 4.58. The molecule has 0 aliphatic rings. The Bertz CT molecular complexity index is 1250. The lowest BCUT2D eigenvalue weighted by atomic mass is 10.2. The number of rotatable bonds is 5. The van der Waals surface area contributed by atoms with Crippen molar-refractivity contribution >= 4 is 17.4 Å². The normalized spacial score (nSPS) is 10.9. The molecule has 0 aliphatic carbocycles. The summed E-state index contributed by atoms with van der Waals surface area (Å²) in [5.41, 5.74) is 1.87. The summed E-state index contributed by atoms with van der Waals surface area (Å²) in [6.45, 7) is 0. The molecule has 0 bridgehead atoms. The van der Waals surface area contributed by atoms with Gasteiger partial charge in [0.25, 0.3) is 5.56 Å². The Morgan fingerprint density at radius 3 is 2.79 bits per heavy atom. The third-order valence-corrected chi connectivity index (χ3v) is 5.26. The fraction of sp³-hybridized carbons (Fsp3) is 0.167. The van der Waals surface area contributed by atoms with Gasteiger partial charge < -0.3 is 9.30 Å². The summed E-state index contributed by atoms with van der Waals surface area (Å²) in [4.78, 5) is 16.6. The number of hydrogen-bond donors (Lipinski definition) is 1. The van der Waals surface area contributed by atoms with Crippen LogP contribution in [0.15, 0.2) is 46.5 Å². The molecule has 28 heavy (non-hydrogen) atoms. The quantitative estimate of drug-likeness (QED) is 0.516. The van der Waals surface area contributed by atoms with Gasteiger partial charge in [0.05, 0.1) is 12.8 Å². The molecule has 0 aliphatic heterocycles. The van der Waals surface area contributed by atoms with Gasteiger partial charge in [0.2, 0.25) is 0 Å². The van der Waals surface area contributed by atoms with Crippen LogP contribution in [-0.4, -0.2) is 36.5 Å². The summed E-state index contributed by atoms with van der Waals surface area (Å²) in [6.07, 6.45) is 1.46. The Balaban J connectivity index is 1.57. The van der Waals surface area contributed by atoms with Crippen LogP contribution in [0.4, 0.5) is 0 Å². The fourth-order valence-electron chi connectivity index (χ4n) is 2.76. The van der Waals surface area contributed by atoms with Crippen LogP contribution in [-0.2, 0) is 12.8 Å². The van der Waals surface area contributed by atoms with Gasteiger partial charge in [-0.3, -0.25) is 9.89 Å². The Morgan fingerprint density at radius 1 is 1.29 bits per heavy atom. The maximum absolute atomic E-state index is 12.2. The molecule has 9 nitrogen and oxygen atoms in total. The van der Waals surface area contributed by atoms with Gasteiger partial charge in [0.1, 0.15) is 17.4 Å². The van der Waals surface area contributed by atoms with Gasteiger partial charge in [-0.2, -0.15) is 5.26 Å². The average Bonchev–Trinajstić information content (AvgIpc) is 3.30. The second-order valence-corrected chi connectivity index (χ2v) is 6.87. The number of aromatic amines is 1. The Labute approximate surface area is 163 Å². The van der Waals surface area contributed by atoms with E-state index in [9.17, 15) is 4.79 Å². The second-order valence-electron chi connectivity index (χ2n) is 5.93. The van der Waals surface area contributed by atoms with Crippen molar-refractivity contribution in [1.29, 1.82) is 5.26 Å².